The molecular formula is C14H18N4OS2. The number of hydrogen-bond acceptors (Lipinski definition) is 6. The average Bonchev–Trinajstić information content (AvgIpc) is 3.12. The molecule has 0 spiro atoms. The van der Waals surface area contributed by atoms with E-state index in [2.05, 4.69) is 34.3 Å². The Labute approximate surface area is 132 Å². The highest BCUT2D eigenvalue weighted by Crippen LogP contribution is 2.20. The van der Waals surface area contributed by atoms with E-state index < -0.39 is 0 Å². The summed E-state index contributed by atoms with van der Waals surface area (Å²) in [6.07, 6.45) is 3.77. The van der Waals surface area contributed by atoms with Crippen LogP contribution >= 0.6 is 22.7 Å². The summed E-state index contributed by atoms with van der Waals surface area (Å²) >= 11 is 3.13. The van der Waals surface area contributed by atoms with Gasteiger partial charge in [-0.15, -0.1) is 11.3 Å². The topological polar surface area (TPSA) is 57.6 Å². The van der Waals surface area contributed by atoms with Gasteiger partial charge in [0.05, 0.1) is 17.5 Å². The van der Waals surface area contributed by atoms with Crippen LogP contribution in [0.2, 0.25) is 0 Å². The molecule has 0 aliphatic rings. The van der Waals surface area contributed by atoms with Crippen molar-refractivity contribution in [3.8, 4) is 0 Å². The molecule has 2 rings (SSSR count). The number of thiazole rings is 1. The van der Waals surface area contributed by atoms with Crippen molar-refractivity contribution in [2.75, 3.05) is 18.0 Å². The molecule has 2 aromatic rings. The van der Waals surface area contributed by atoms with Gasteiger partial charge in [-0.2, -0.15) is 5.10 Å². The van der Waals surface area contributed by atoms with Gasteiger partial charge < -0.3 is 4.90 Å². The lowest BCUT2D eigenvalue weighted by atomic mass is 10.3. The zero-order chi connectivity index (χ0) is 15.1. The van der Waals surface area contributed by atoms with Gasteiger partial charge in [-0.05, 0) is 25.3 Å². The normalized spacial score (nSPS) is 11.0. The van der Waals surface area contributed by atoms with Crippen LogP contribution in [0, 0.1) is 0 Å². The van der Waals surface area contributed by atoms with E-state index in [1.807, 2.05) is 17.5 Å². The SMILES string of the molecule is CCN(CC)c1ncc(/C=N/NC(=O)Cc2cccs2)s1. The van der Waals surface area contributed by atoms with Gasteiger partial charge in [-0.3, -0.25) is 4.79 Å². The first kappa shape index (κ1) is 15.7. The fourth-order valence-corrected chi connectivity index (χ4v) is 3.37. The molecule has 0 radical (unpaired) electrons. The number of carbonyl (C=O) groups is 1. The van der Waals surface area contributed by atoms with Crippen LogP contribution in [0.5, 0.6) is 0 Å². The number of nitrogens with one attached hydrogen (secondary N) is 1. The van der Waals surface area contributed by atoms with Crippen LogP contribution in [0.15, 0.2) is 28.8 Å². The highest BCUT2D eigenvalue weighted by atomic mass is 32.1. The molecule has 0 aliphatic heterocycles. The predicted molar refractivity (Wildman–Crippen MR) is 89.4 cm³/mol. The third-order valence-corrected chi connectivity index (χ3v) is 4.71. The quantitative estimate of drug-likeness (QED) is 0.630. The largest absolute Gasteiger partial charge is 0.349 e. The summed E-state index contributed by atoms with van der Waals surface area (Å²) in [4.78, 5) is 20.2. The summed E-state index contributed by atoms with van der Waals surface area (Å²) in [5.41, 5.74) is 2.54. The van der Waals surface area contributed by atoms with Crippen molar-refractivity contribution < 1.29 is 4.79 Å². The lowest BCUT2D eigenvalue weighted by Crippen LogP contribution is -2.21. The van der Waals surface area contributed by atoms with E-state index in [-0.39, 0.29) is 5.91 Å². The van der Waals surface area contributed by atoms with E-state index in [1.54, 1.807) is 35.1 Å². The van der Waals surface area contributed by atoms with E-state index >= 15 is 0 Å². The third-order valence-electron chi connectivity index (χ3n) is 2.84. The van der Waals surface area contributed by atoms with Gasteiger partial charge in [0.25, 0.3) is 0 Å². The molecule has 5 nitrogen and oxygen atoms in total. The Morgan fingerprint density at radius 1 is 1.48 bits per heavy atom. The van der Waals surface area contributed by atoms with Crippen molar-refractivity contribution in [1.29, 1.82) is 0 Å². The molecule has 0 unspecified atom stereocenters. The molecule has 2 heterocycles. The minimum absolute atomic E-state index is 0.109. The van der Waals surface area contributed by atoms with Crippen LogP contribution in [0.25, 0.3) is 0 Å². The van der Waals surface area contributed by atoms with Crippen LogP contribution in [-0.4, -0.2) is 30.2 Å². The number of anilines is 1. The molecular weight excluding hydrogens is 304 g/mol. The Morgan fingerprint density at radius 3 is 2.95 bits per heavy atom. The molecule has 0 aromatic carbocycles. The van der Waals surface area contributed by atoms with E-state index in [0.29, 0.717) is 6.42 Å². The molecule has 0 aliphatic carbocycles. The first-order chi connectivity index (χ1) is 10.2. The number of thiophene rings is 1. The maximum absolute atomic E-state index is 11.7. The molecule has 2 aromatic heterocycles. The van der Waals surface area contributed by atoms with Crippen molar-refractivity contribution in [2.24, 2.45) is 5.10 Å². The Morgan fingerprint density at radius 2 is 2.29 bits per heavy atom. The molecule has 1 amide bonds. The predicted octanol–water partition coefficient (Wildman–Crippen LogP) is 2.74. The molecule has 21 heavy (non-hydrogen) atoms. The molecule has 1 N–H and O–H groups in total. The standard InChI is InChI=1S/C14H18N4OS2/c1-3-18(4-2)14-15-9-12(21-14)10-16-17-13(19)8-11-6-5-7-20-11/h5-7,9-10H,3-4,8H2,1-2H3,(H,17,19)/b16-10+. The number of amides is 1. The van der Waals surface area contributed by atoms with Gasteiger partial charge >= 0.3 is 0 Å². The monoisotopic (exact) mass is 322 g/mol. The number of hydrogen-bond donors (Lipinski definition) is 1. The Bertz CT molecular complexity index is 588. The van der Waals surface area contributed by atoms with Crippen LogP contribution in [0.4, 0.5) is 5.13 Å². The molecule has 112 valence electrons. The molecule has 7 heteroatoms. The first-order valence-electron chi connectivity index (χ1n) is 6.78. The highest BCUT2D eigenvalue weighted by Gasteiger charge is 2.06. The second kappa shape index (κ2) is 7.90. The molecule has 0 bridgehead atoms. The third kappa shape index (κ3) is 4.64. The number of nitrogens with zero attached hydrogens (tertiary/aromatic N) is 3. The van der Waals surface area contributed by atoms with E-state index in [9.17, 15) is 4.79 Å². The fourth-order valence-electron chi connectivity index (χ4n) is 1.76. The maximum atomic E-state index is 11.7. The van der Waals surface area contributed by atoms with Crippen LogP contribution in [0.1, 0.15) is 23.6 Å². The Hall–Kier alpha value is -1.73. The molecule has 0 saturated carbocycles. The van der Waals surface area contributed by atoms with E-state index in [1.165, 1.54) is 0 Å². The average molecular weight is 322 g/mol. The Kier molecular flexibility index (Phi) is 5.89. The van der Waals surface area contributed by atoms with Crippen molar-refractivity contribution in [3.63, 3.8) is 0 Å². The van der Waals surface area contributed by atoms with Gasteiger partial charge in [0.15, 0.2) is 5.13 Å². The van der Waals surface area contributed by atoms with Gasteiger partial charge in [0.2, 0.25) is 5.91 Å². The Balaban J connectivity index is 1.85. The molecule has 0 saturated heterocycles. The van der Waals surface area contributed by atoms with Crippen molar-refractivity contribution >= 4 is 39.9 Å². The van der Waals surface area contributed by atoms with E-state index in [0.717, 1.165) is 28.0 Å². The first-order valence-corrected chi connectivity index (χ1v) is 8.47. The summed E-state index contributed by atoms with van der Waals surface area (Å²) in [7, 11) is 0. The summed E-state index contributed by atoms with van der Waals surface area (Å²) in [6, 6.07) is 3.87. The maximum Gasteiger partial charge on any atom is 0.245 e. The van der Waals surface area contributed by atoms with Crippen LogP contribution < -0.4 is 10.3 Å². The number of rotatable bonds is 7. The molecule has 0 fully saturated rings. The van der Waals surface area contributed by atoms with Gasteiger partial charge in [-0.25, -0.2) is 10.4 Å². The zero-order valence-corrected chi connectivity index (χ0v) is 13.7. The minimum Gasteiger partial charge on any atom is -0.349 e. The second-order valence-electron chi connectivity index (χ2n) is 4.27. The number of carbonyl (C=O) groups excluding carboxylic acids is 1. The summed E-state index contributed by atoms with van der Waals surface area (Å²) < 4.78 is 0. The smallest absolute Gasteiger partial charge is 0.245 e. The minimum atomic E-state index is -0.109. The lowest BCUT2D eigenvalue weighted by molar-refractivity contribution is -0.120. The summed E-state index contributed by atoms with van der Waals surface area (Å²) in [6.45, 7) is 6.06. The van der Waals surface area contributed by atoms with Crippen molar-refractivity contribution in [1.82, 2.24) is 10.4 Å². The second-order valence-corrected chi connectivity index (χ2v) is 6.34. The number of aromatic nitrogens is 1. The molecule has 0 atom stereocenters. The summed E-state index contributed by atoms with van der Waals surface area (Å²) in [5.74, 6) is -0.109. The van der Waals surface area contributed by atoms with Crippen molar-refractivity contribution in [3.05, 3.63) is 33.5 Å². The van der Waals surface area contributed by atoms with Gasteiger partial charge in [-0.1, -0.05) is 17.4 Å². The number of hydrazone groups is 1. The van der Waals surface area contributed by atoms with Crippen LogP contribution in [-0.2, 0) is 11.2 Å². The summed E-state index contributed by atoms with van der Waals surface area (Å²) in [5, 5.41) is 6.91. The van der Waals surface area contributed by atoms with Gasteiger partial charge in [0, 0.05) is 24.2 Å². The van der Waals surface area contributed by atoms with Crippen LogP contribution in [0.3, 0.4) is 0 Å². The lowest BCUT2D eigenvalue weighted by Gasteiger charge is -2.16. The fraction of sp³-hybridized carbons (Fsp3) is 0.357. The zero-order valence-electron chi connectivity index (χ0n) is 12.1. The van der Waals surface area contributed by atoms with Crippen molar-refractivity contribution in [2.45, 2.75) is 20.3 Å². The van der Waals surface area contributed by atoms with E-state index in [4.69, 9.17) is 0 Å². The van der Waals surface area contributed by atoms with Gasteiger partial charge in [0.1, 0.15) is 0 Å². The highest BCUT2D eigenvalue weighted by molar-refractivity contribution is 7.17.